The van der Waals surface area contributed by atoms with Crippen molar-refractivity contribution >= 4 is 5.97 Å². The summed E-state index contributed by atoms with van der Waals surface area (Å²) in [4.78, 5) is 11.0. The van der Waals surface area contributed by atoms with Crippen molar-refractivity contribution in [1.29, 1.82) is 0 Å². The first-order valence-corrected chi connectivity index (χ1v) is 15.7. The van der Waals surface area contributed by atoms with Crippen LogP contribution in [0.2, 0.25) is 0 Å². The molecule has 0 amide bonds. The fourth-order valence-corrected chi connectivity index (χ4v) is 4.33. The molecule has 0 spiro atoms. The number of hydrogen-bond donors (Lipinski definition) is 0. The smallest absolute Gasteiger partial charge is 0.330 e. The Morgan fingerprint density at radius 1 is 0.622 bits per heavy atom. The Morgan fingerprint density at radius 3 is 1.69 bits per heavy atom. The van der Waals surface area contributed by atoms with E-state index in [4.69, 9.17) is 18.9 Å². The number of unbranched alkanes of at least 4 members (excludes halogenated alkanes) is 6. The Kier molecular flexibility index (Phi) is 16.1. The van der Waals surface area contributed by atoms with Crippen molar-refractivity contribution < 1.29 is 23.7 Å². The minimum absolute atomic E-state index is 0.379. The normalized spacial score (nSPS) is 9.98. The zero-order chi connectivity index (χ0) is 32.0. The van der Waals surface area contributed by atoms with Crippen LogP contribution in [0.15, 0.2) is 92.2 Å². The minimum Gasteiger partial charge on any atom is -0.502 e. The number of carbonyl (C=O) groups excluding carboxylic acids is 1. The second-order valence-corrected chi connectivity index (χ2v) is 10.5. The average molecular weight is 605 g/mol. The van der Waals surface area contributed by atoms with Gasteiger partial charge in [-0.3, -0.25) is 0 Å². The molecule has 0 saturated heterocycles. The summed E-state index contributed by atoms with van der Waals surface area (Å²) in [6.07, 6.45) is 11.0. The van der Waals surface area contributed by atoms with Crippen molar-refractivity contribution in [2.45, 2.75) is 58.3 Å². The molecule has 0 saturated carbocycles. The van der Waals surface area contributed by atoms with Crippen molar-refractivity contribution in [2.24, 2.45) is 0 Å². The molecule has 0 bridgehead atoms. The summed E-state index contributed by atoms with van der Waals surface area (Å²) in [5.74, 6) is 14.3. The minimum atomic E-state index is -0.379. The Bertz CT molecular complexity index is 1460. The largest absolute Gasteiger partial charge is 0.502 e. The quantitative estimate of drug-likeness (QED) is 0.0479. The standard InChI is InChI=1S/C40H44O5/c1-4-40(41)45-31-13-9-12-30-44-39-26-20-35(21-27-39)16-22-37-23-17-36(32-33(37)3)15-14-34-18-24-38(25-19-34)43-29-11-8-6-7-10-28-42-5-2/h4-5,17-21,23-27,32H,1-2,6-13,28-31H2,3H3. The Labute approximate surface area is 269 Å². The van der Waals surface area contributed by atoms with Gasteiger partial charge in [-0.05, 0) is 111 Å². The third kappa shape index (κ3) is 14.4. The lowest BCUT2D eigenvalue weighted by Crippen LogP contribution is -2.03. The van der Waals surface area contributed by atoms with E-state index in [0.29, 0.717) is 13.2 Å². The van der Waals surface area contributed by atoms with Crippen molar-refractivity contribution in [3.8, 4) is 35.2 Å². The highest BCUT2D eigenvalue weighted by atomic mass is 16.5. The molecule has 0 fully saturated rings. The molecule has 0 atom stereocenters. The lowest BCUT2D eigenvalue weighted by Gasteiger charge is -2.06. The molecule has 0 heterocycles. The van der Waals surface area contributed by atoms with Gasteiger partial charge in [0, 0.05) is 28.3 Å². The van der Waals surface area contributed by atoms with E-state index < -0.39 is 0 Å². The van der Waals surface area contributed by atoms with Gasteiger partial charge in [0.05, 0.1) is 32.7 Å². The molecular formula is C40H44O5. The SMILES string of the molecule is C=COCCCCCCCOc1ccc(C#Cc2ccc(C#Cc3ccc(OCCCCCOC(=O)C=C)cc3)c(C)c2)cc1. The van der Waals surface area contributed by atoms with Gasteiger partial charge in [-0.2, -0.15) is 0 Å². The molecule has 3 aromatic rings. The van der Waals surface area contributed by atoms with E-state index in [9.17, 15) is 4.79 Å². The molecule has 234 valence electrons. The molecular weight excluding hydrogens is 560 g/mol. The van der Waals surface area contributed by atoms with Gasteiger partial charge in [0.2, 0.25) is 0 Å². The molecule has 0 aliphatic heterocycles. The van der Waals surface area contributed by atoms with Crippen LogP contribution in [0.4, 0.5) is 0 Å². The topological polar surface area (TPSA) is 54.0 Å². The number of benzene rings is 3. The molecule has 5 heteroatoms. The third-order valence-electron chi connectivity index (χ3n) is 6.89. The summed E-state index contributed by atoms with van der Waals surface area (Å²) in [7, 11) is 0. The number of carbonyl (C=O) groups is 1. The molecule has 0 aromatic heterocycles. The monoisotopic (exact) mass is 604 g/mol. The Morgan fingerprint density at radius 2 is 1.11 bits per heavy atom. The summed E-state index contributed by atoms with van der Waals surface area (Å²) < 4.78 is 21.8. The number of hydrogen-bond acceptors (Lipinski definition) is 5. The van der Waals surface area contributed by atoms with Crippen LogP contribution in [-0.2, 0) is 14.3 Å². The second kappa shape index (κ2) is 20.9. The van der Waals surface area contributed by atoms with Crippen molar-refractivity contribution in [2.75, 3.05) is 26.4 Å². The number of esters is 1. The first-order valence-electron chi connectivity index (χ1n) is 15.7. The van der Waals surface area contributed by atoms with E-state index in [1.54, 1.807) is 0 Å². The lowest BCUT2D eigenvalue weighted by atomic mass is 10.0. The first kappa shape index (κ1) is 34.6. The fourth-order valence-electron chi connectivity index (χ4n) is 4.33. The van der Waals surface area contributed by atoms with Gasteiger partial charge < -0.3 is 18.9 Å². The van der Waals surface area contributed by atoms with Gasteiger partial charge in [0.25, 0.3) is 0 Å². The lowest BCUT2D eigenvalue weighted by molar-refractivity contribution is -0.137. The molecule has 3 rings (SSSR count). The highest BCUT2D eigenvalue weighted by Gasteiger charge is 2.00. The molecule has 45 heavy (non-hydrogen) atoms. The number of rotatable bonds is 18. The van der Waals surface area contributed by atoms with Gasteiger partial charge in [-0.25, -0.2) is 4.79 Å². The van der Waals surface area contributed by atoms with Crippen LogP contribution in [0.1, 0.15) is 79.2 Å². The van der Waals surface area contributed by atoms with E-state index in [0.717, 1.165) is 91.1 Å². The zero-order valence-corrected chi connectivity index (χ0v) is 26.4. The third-order valence-corrected chi connectivity index (χ3v) is 6.89. The predicted molar refractivity (Wildman–Crippen MR) is 181 cm³/mol. The maximum atomic E-state index is 11.0. The van der Waals surface area contributed by atoms with E-state index in [2.05, 4.69) is 49.8 Å². The first-order chi connectivity index (χ1) is 22.1. The van der Waals surface area contributed by atoms with Crippen LogP contribution in [0, 0.1) is 30.6 Å². The van der Waals surface area contributed by atoms with E-state index in [1.165, 1.54) is 25.2 Å². The maximum Gasteiger partial charge on any atom is 0.330 e. The van der Waals surface area contributed by atoms with Crippen molar-refractivity contribution in [1.82, 2.24) is 0 Å². The van der Waals surface area contributed by atoms with Crippen LogP contribution in [0.25, 0.3) is 0 Å². The molecule has 0 aliphatic carbocycles. The van der Waals surface area contributed by atoms with Gasteiger partial charge in [0.15, 0.2) is 0 Å². The van der Waals surface area contributed by atoms with E-state index in [-0.39, 0.29) is 5.97 Å². The van der Waals surface area contributed by atoms with Crippen LogP contribution in [0.3, 0.4) is 0 Å². The van der Waals surface area contributed by atoms with Gasteiger partial charge >= 0.3 is 5.97 Å². The predicted octanol–water partition coefficient (Wildman–Crippen LogP) is 8.56. The molecule has 0 radical (unpaired) electrons. The Balaban J connectivity index is 1.39. The molecule has 0 aliphatic rings. The second-order valence-electron chi connectivity index (χ2n) is 10.5. The van der Waals surface area contributed by atoms with Crippen molar-refractivity contribution in [3.63, 3.8) is 0 Å². The summed E-state index contributed by atoms with van der Waals surface area (Å²) in [5, 5.41) is 0. The van der Waals surface area contributed by atoms with Gasteiger partial charge in [0.1, 0.15) is 11.5 Å². The zero-order valence-electron chi connectivity index (χ0n) is 26.4. The van der Waals surface area contributed by atoms with Crippen molar-refractivity contribution in [3.05, 3.63) is 120 Å². The highest BCUT2D eigenvalue weighted by molar-refractivity contribution is 5.81. The summed E-state index contributed by atoms with van der Waals surface area (Å²) in [6.45, 7) is 11.5. The van der Waals surface area contributed by atoms with Crippen LogP contribution in [0.5, 0.6) is 11.5 Å². The molecule has 5 nitrogen and oxygen atoms in total. The van der Waals surface area contributed by atoms with E-state index >= 15 is 0 Å². The fraction of sp³-hybridized carbons (Fsp3) is 0.325. The van der Waals surface area contributed by atoms with Gasteiger partial charge in [-0.1, -0.05) is 56.1 Å². The van der Waals surface area contributed by atoms with Crippen LogP contribution >= 0.6 is 0 Å². The van der Waals surface area contributed by atoms with E-state index in [1.807, 2.05) is 60.7 Å². The molecule has 0 N–H and O–H groups in total. The number of ether oxygens (including phenoxy) is 4. The van der Waals surface area contributed by atoms with Crippen LogP contribution < -0.4 is 9.47 Å². The maximum absolute atomic E-state index is 11.0. The van der Waals surface area contributed by atoms with Crippen LogP contribution in [-0.4, -0.2) is 32.4 Å². The average Bonchev–Trinajstić information content (AvgIpc) is 3.06. The van der Waals surface area contributed by atoms with Gasteiger partial charge in [-0.15, -0.1) is 0 Å². The molecule has 0 unspecified atom stereocenters. The number of aryl methyl sites for hydroxylation is 1. The highest BCUT2D eigenvalue weighted by Crippen LogP contribution is 2.15. The molecule has 3 aromatic carbocycles. The Hall–Kier alpha value is -4.87. The summed E-state index contributed by atoms with van der Waals surface area (Å²) in [5.41, 5.74) is 4.89. The summed E-state index contributed by atoms with van der Waals surface area (Å²) >= 11 is 0. The summed E-state index contributed by atoms with van der Waals surface area (Å²) in [6, 6.07) is 21.9.